The third-order valence-corrected chi connectivity index (χ3v) is 11.1. The Hall–Kier alpha value is -4.35. The highest BCUT2D eigenvalue weighted by Crippen LogP contribution is 2.68. The van der Waals surface area contributed by atoms with Gasteiger partial charge in [0, 0.05) is 27.4 Å². The monoisotopic (exact) mass is 539 g/mol. The van der Waals surface area contributed by atoms with Crippen molar-refractivity contribution >= 4 is 57.3 Å². The number of ether oxygens (including phenoxy) is 2. The van der Waals surface area contributed by atoms with Crippen LogP contribution in [-0.4, -0.2) is 30.7 Å². The molecule has 1 N–H and O–H groups in total. The second-order valence-corrected chi connectivity index (χ2v) is 12.7. The lowest BCUT2D eigenvalue weighted by Gasteiger charge is -2.27. The zero-order valence-electron chi connectivity index (χ0n) is 21.3. The van der Waals surface area contributed by atoms with Crippen molar-refractivity contribution in [2.45, 2.75) is 18.0 Å². The Bertz CT molecular complexity index is 1700. The molecule has 1 aliphatic carbocycles. The number of esters is 1. The number of amides is 1. The number of benzene rings is 4. The standard InChI is InChI=1S/C31H26NO6P/c1-36-28-18-24-23-14-8-9-15-26(23)38-27(24)19-25(28)32-29(33)20-37-30(34)31(16-17-31)39(35,21-10-4-2-5-11-21)22-12-6-3-7-13-22/h2-15,18-19H,16-17,20H2,1H3,(H,32,33). The first-order valence-electron chi connectivity index (χ1n) is 12.6. The first kappa shape index (κ1) is 25.0. The number of para-hydroxylation sites is 1. The first-order valence-corrected chi connectivity index (χ1v) is 14.3. The molecule has 4 aromatic carbocycles. The van der Waals surface area contributed by atoms with E-state index in [0.29, 0.717) is 40.5 Å². The fraction of sp³-hybridized carbons (Fsp3) is 0.161. The van der Waals surface area contributed by atoms with Crippen LogP contribution in [0.15, 0.2) is 101 Å². The van der Waals surface area contributed by atoms with Gasteiger partial charge in [0.25, 0.3) is 5.91 Å². The zero-order valence-corrected chi connectivity index (χ0v) is 22.2. The summed E-state index contributed by atoms with van der Waals surface area (Å²) in [5.41, 5.74) is 1.71. The number of rotatable bonds is 8. The summed E-state index contributed by atoms with van der Waals surface area (Å²) >= 11 is 0. The fourth-order valence-corrected chi connectivity index (χ4v) is 8.69. The van der Waals surface area contributed by atoms with E-state index in [-0.39, 0.29) is 0 Å². The lowest BCUT2D eigenvalue weighted by atomic mass is 10.1. The van der Waals surface area contributed by atoms with Gasteiger partial charge in [-0.2, -0.15) is 0 Å². The van der Waals surface area contributed by atoms with Gasteiger partial charge in [-0.1, -0.05) is 78.9 Å². The number of anilines is 1. The molecule has 5 aromatic rings. The van der Waals surface area contributed by atoms with Gasteiger partial charge in [-0.3, -0.25) is 9.59 Å². The van der Waals surface area contributed by atoms with Crippen LogP contribution >= 0.6 is 7.14 Å². The van der Waals surface area contributed by atoms with Gasteiger partial charge in [0.1, 0.15) is 22.1 Å². The maximum Gasteiger partial charge on any atom is 0.320 e. The van der Waals surface area contributed by atoms with Gasteiger partial charge in [-0.25, -0.2) is 0 Å². The summed E-state index contributed by atoms with van der Waals surface area (Å²) in [4.78, 5) is 26.3. The molecule has 1 aromatic heterocycles. The van der Waals surface area contributed by atoms with E-state index in [0.717, 1.165) is 16.4 Å². The Morgan fingerprint density at radius 1 is 0.846 bits per heavy atom. The second-order valence-electron chi connectivity index (χ2n) is 9.58. The van der Waals surface area contributed by atoms with Gasteiger partial charge in [0.2, 0.25) is 0 Å². The molecule has 1 amide bonds. The lowest BCUT2D eigenvalue weighted by Crippen LogP contribution is -2.36. The molecule has 7 nitrogen and oxygen atoms in total. The molecule has 196 valence electrons. The van der Waals surface area contributed by atoms with Crippen LogP contribution in [0.25, 0.3) is 21.9 Å². The molecule has 0 bridgehead atoms. The molecule has 0 atom stereocenters. The van der Waals surface area contributed by atoms with Gasteiger partial charge in [0.05, 0.1) is 12.8 Å². The molecular formula is C31H26NO6P. The van der Waals surface area contributed by atoms with E-state index in [9.17, 15) is 14.2 Å². The van der Waals surface area contributed by atoms with Gasteiger partial charge < -0.3 is 23.8 Å². The van der Waals surface area contributed by atoms with Gasteiger partial charge in [-0.05, 0) is 25.0 Å². The fourth-order valence-electron chi connectivity index (χ4n) is 5.15. The summed E-state index contributed by atoms with van der Waals surface area (Å²) in [6.07, 6.45) is 0.843. The highest BCUT2D eigenvalue weighted by atomic mass is 31.2. The minimum absolute atomic E-state index is 0.394. The highest BCUT2D eigenvalue weighted by molar-refractivity contribution is 7.81. The first-order chi connectivity index (χ1) is 19.0. The van der Waals surface area contributed by atoms with Crippen LogP contribution in [0, 0.1) is 0 Å². The van der Waals surface area contributed by atoms with E-state index >= 15 is 0 Å². The Kier molecular flexibility index (Phi) is 6.24. The largest absolute Gasteiger partial charge is 0.495 e. The summed E-state index contributed by atoms with van der Waals surface area (Å²) in [6, 6.07) is 29.2. The summed E-state index contributed by atoms with van der Waals surface area (Å²) in [7, 11) is -1.88. The number of hydrogen-bond acceptors (Lipinski definition) is 6. The van der Waals surface area contributed by atoms with Crippen molar-refractivity contribution in [2.24, 2.45) is 0 Å². The smallest absolute Gasteiger partial charge is 0.320 e. The normalized spacial score (nSPS) is 14.2. The number of furan rings is 1. The van der Waals surface area contributed by atoms with Crippen LogP contribution in [0.2, 0.25) is 0 Å². The minimum atomic E-state index is -3.39. The number of fused-ring (bicyclic) bond motifs is 3. The summed E-state index contributed by atoms with van der Waals surface area (Å²) < 4.78 is 31.7. The average Bonchev–Trinajstić information content (AvgIpc) is 3.72. The van der Waals surface area contributed by atoms with Crippen molar-refractivity contribution < 1.29 is 28.0 Å². The third-order valence-electron chi connectivity index (χ3n) is 7.25. The topological polar surface area (TPSA) is 94.8 Å². The van der Waals surface area contributed by atoms with Crippen LogP contribution in [-0.2, 0) is 18.9 Å². The molecule has 8 heteroatoms. The van der Waals surface area contributed by atoms with E-state index in [4.69, 9.17) is 13.9 Å². The Balaban J connectivity index is 1.23. The molecule has 0 radical (unpaired) electrons. The molecule has 0 unspecified atom stereocenters. The quantitative estimate of drug-likeness (QED) is 0.203. The number of methoxy groups -OCH3 is 1. The lowest BCUT2D eigenvalue weighted by molar-refractivity contribution is -0.147. The molecule has 0 aliphatic heterocycles. The van der Waals surface area contributed by atoms with Crippen molar-refractivity contribution in [1.29, 1.82) is 0 Å². The van der Waals surface area contributed by atoms with Crippen molar-refractivity contribution in [3.63, 3.8) is 0 Å². The molecule has 1 heterocycles. The Labute approximate surface area is 225 Å². The minimum Gasteiger partial charge on any atom is -0.495 e. The molecule has 1 aliphatic rings. The van der Waals surface area contributed by atoms with E-state index in [1.165, 1.54) is 7.11 Å². The summed E-state index contributed by atoms with van der Waals surface area (Å²) in [6.45, 7) is -0.522. The Morgan fingerprint density at radius 2 is 1.46 bits per heavy atom. The number of carbonyl (C=O) groups is 2. The van der Waals surface area contributed by atoms with E-state index in [1.807, 2.05) is 60.7 Å². The van der Waals surface area contributed by atoms with Crippen molar-refractivity contribution in [3.8, 4) is 5.75 Å². The maximum absolute atomic E-state index is 14.7. The highest BCUT2D eigenvalue weighted by Gasteiger charge is 2.65. The zero-order chi connectivity index (χ0) is 27.0. The van der Waals surface area contributed by atoms with Crippen molar-refractivity contribution in [2.75, 3.05) is 19.0 Å². The van der Waals surface area contributed by atoms with Crippen molar-refractivity contribution in [1.82, 2.24) is 0 Å². The number of carbonyl (C=O) groups excluding carboxylic acids is 2. The molecule has 0 spiro atoms. The Morgan fingerprint density at radius 3 is 2.08 bits per heavy atom. The molecular weight excluding hydrogens is 513 g/mol. The van der Waals surface area contributed by atoms with Gasteiger partial charge in [0.15, 0.2) is 13.7 Å². The van der Waals surface area contributed by atoms with Crippen molar-refractivity contribution in [3.05, 3.63) is 97.1 Å². The SMILES string of the molecule is COc1cc2c(cc1NC(=O)COC(=O)C1(P(=O)(c3ccccc3)c3ccccc3)CC1)oc1ccccc12. The second kappa shape index (κ2) is 9.75. The number of nitrogens with one attached hydrogen (secondary N) is 1. The van der Waals surface area contributed by atoms with E-state index < -0.39 is 30.8 Å². The molecule has 6 rings (SSSR count). The van der Waals surface area contributed by atoms with Crippen LogP contribution < -0.4 is 20.7 Å². The maximum atomic E-state index is 14.7. The van der Waals surface area contributed by atoms with E-state index in [1.54, 1.807) is 36.4 Å². The van der Waals surface area contributed by atoms with Crippen LogP contribution in [0.1, 0.15) is 12.8 Å². The van der Waals surface area contributed by atoms with Gasteiger partial charge in [-0.15, -0.1) is 0 Å². The van der Waals surface area contributed by atoms with Crippen LogP contribution in [0.3, 0.4) is 0 Å². The average molecular weight is 540 g/mol. The molecule has 0 saturated heterocycles. The van der Waals surface area contributed by atoms with Gasteiger partial charge >= 0.3 is 5.97 Å². The molecule has 39 heavy (non-hydrogen) atoms. The summed E-state index contributed by atoms with van der Waals surface area (Å²) in [5, 5.41) is 4.56. The molecule has 1 fully saturated rings. The predicted octanol–water partition coefficient (Wildman–Crippen LogP) is 5.62. The molecule has 1 saturated carbocycles. The third kappa shape index (κ3) is 4.19. The number of hydrogen-bond donors (Lipinski definition) is 1. The van der Waals surface area contributed by atoms with Crippen LogP contribution in [0.5, 0.6) is 5.75 Å². The van der Waals surface area contributed by atoms with Crippen LogP contribution in [0.4, 0.5) is 5.69 Å². The predicted molar refractivity (Wildman–Crippen MR) is 152 cm³/mol. The summed E-state index contributed by atoms with van der Waals surface area (Å²) in [5.74, 6) is -0.722. The van der Waals surface area contributed by atoms with E-state index in [2.05, 4.69) is 5.32 Å².